The molecule has 96 valence electrons. The second-order valence-electron chi connectivity index (χ2n) is 4.67. The van der Waals surface area contributed by atoms with Crippen molar-refractivity contribution < 1.29 is 4.74 Å². The lowest BCUT2D eigenvalue weighted by Crippen LogP contribution is -2.08. The fourth-order valence-electron chi connectivity index (χ4n) is 1.69. The SMILES string of the molecule is CNCc1cc(Cl)ccc1OCCCC(C)C. The van der Waals surface area contributed by atoms with Gasteiger partial charge in [0, 0.05) is 17.1 Å². The molecule has 0 aliphatic heterocycles. The van der Waals surface area contributed by atoms with Crippen LogP contribution in [-0.2, 0) is 6.54 Å². The monoisotopic (exact) mass is 255 g/mol. The molecule has 0 unspecified atom stereocenters. The van der Waals surface area contributed by atoms with Crippen molar-refractivity contribution in [2.75, 3.05) is 13.7 Å². The van der Waals surface area contributed by atoms with E-state index in [4.69, 9.17) is 16.3 Å². The summed E-state index contributed by atoms with van der Waals surface area (Å²) in [6, 6.07) is 5.78. The fourth-order valence-corrected chi connectivity index (χ4v) is 1.89. The van der Waals surface area contributed by atoms with E-state index >= 15 is 0 Å². The molecule has 0 aromatic heterocycles. The Morgan fingerprint density at radius 1 is 1.35 bits per heavy atom. The van der Waals surface area contributed by atoms with Crippen LogP contribution in [0.4, 0.5) is 0 Å². The molecule has 0 heterocycles. The van der Waals surface area contributed by atoms with Gasteiger partial charge in [0.25, 0.3) is 0 Å². The minimum Gasteiger partial charge on any atom is -0.493 e. The summed E-state index contributed by atoms with van der Waals surface area (Å²) in [5.74, 6) is 1.67. The highest BCUT2D eigenvalue weighted by atomic mass is 35.5. The summed E-state index contributed by atoms with van der Waals surface area (Å²) in [7, 11) is 1.92. The molecular weight excluding hydrogens is 234 g/mol. The summed E-state index contributed by atoms with van der Waals surface area (Å²) < 4.78 is 5.80. The zero-order valence-corrected chi connectivity index (χ0v) is 11.7. The highest BCUT2D eigenvalue weighted by molar-refractivity contribution is 6.30. The third-order valence-corrected chi connectivity index (χ3v) is 2.81. The summed E-state index contributed by atoms with van der Waals surface area (Å²) in [6.45, 7) is 6.01. The molecule has 1 aromatic carbocycles. The zero-order valence-electron chi connectivity index (χ0n) is 10.9. The molecular formula is C14H22ClNO. The van der Waals surface area contributed by atoms with E-state index < -0.39 is 0 Å². The van der Waals surface area contributed by atoms with Gasteiger partial charge in [-0.25, -0.2) is 0 Å². The van der Waals surface area contributed by atoms with Gasteiger partial charge in [0.15, 0.2) is 0 Å². The van der Waals surface area contributed by atoms with Crippen LogP contribution < -0.4 is 10.1 Å². The molecule has 0 atom stereocenters. The Kier molecular flexibility index (Phi) is 6.38. The zero-order chi connectivity index (χ0) is 12.7. The summed E-state index contributed by atoms with van der Waals surface area (Å²) in [5, 5.41) is 3.88. The minimum atomic E-state index is 0.737. The van der Waals surface area contributed by atoms with E-state index in [1.165, 1.54) is 6.42 Å². The Labute approximate surface area is 109 Å². The Bertz CT molecular complexity index is 339. The number of rotatable bonds is 7. The molecule has 0 saturated carbocycles. The van der Waals surface area contributed by atoms with Gasteiger partial charge in [0.2, 0.25) is 0 Å². The summed E-state index contributed by atoms with van der Waals surface area (Å²) in [5.41, 5.74) is 1.12. The second-order valence-corrected chi connectivity index (χ2v) is 5.10. The van der Waals surface area contributed by atoms with Gasteiger partial charge < -0.3 is 10.1 Å². The average Bonchev–Trinajstić information content (AvgIpc) is 2.27. The van der Waals surface area contributed by atoms with Gasteiger partial charge >= 0.3 is 0 Å². The molecule has 0 spiro atoms. The molecule has 0 saturated heterocycles. The molecule has 1 aromatic rings. The molecule has 0 radical (unpaired) electrons. The third kappa shape index (κ3) is 5.42. The van der Waals surface area contributed by atoms with Gasteiger partial charge in [0.1, 0.15) is 5.75 Å². The number of hydrogen-bond acceptors (Lipinski definition) is 2. The van der Waals surface area contributed by atoms with E-state index in [0.29, 0.717) is 0 Å². The van der Waals surface area contributed by atoms with Crippen molar-refractivity contribution in [3.05, 3.63) is 28.8 Å². The molecule has 2 nitrogen and oxygen atoms in total. The van der Waals surface area contributed by atoms with E-state index in [1.807, 2.05) is 25.2 Å². The largest absolute Gasteiger partial charge is 0.493 e. The maximum absolute atomic E-state index is 5.97. The lowest BCUT2D eigenvalue weighted by Gasteiger charge is -2.12. The van der Waals surface area contributed by atoms with Gasteiger partial charge in [-0.2, -0.15) is 0 Å². The van der Waals surface area contributed by atoms with Crippen LogP contribution in [0.3, 0.4) is 0 Å². The lowest BCUT2D eigenvalue weighted by atomic mass is 10.1. The smallest absolute Gasteiger partial charge is 0.123 e. The van der Waals surface area contributed by atoms with Crippen LogP contribution in [0.25, 0.3) is 0 Å². The van der Waals surface area contributed by atoms with E-state index in [2.05, 4.69) is 19.2 Å². The van der Waals surface area contributed by atoms with Crippen molar-refractivity contribution in [1.82, 2.24) is 5.32 Å². The van der Waals surface area contributed by atoms with Gasteiger partial charge in [-0.15, -0.1) is 0 Å². The Balaban J connectivity index is 2.51. The van der Waals surface area contributed by atoms with E-state index in [9.17, 15) is 0 Å². The maximum Gasteiger partial charge on any atom is 0.123 e. The highest BCUT2D eigenvalue weighted by Gasteiger charge is 2.04. The van der Waals surface area contributed by atoms with Crippen molar-refractivity contribution in [1.29, 1.82) is 0 Å². The molecule has 0 bridgehead atoms. The van der Waals surface area contributed by atoms with Crippen molar-refractivity contribution in [2.45, 2.75) is 33.2 Å². The number of ether oxygens (including phenoxy) is 1. The van der Waals surface area contributed by atoms with Crippen LogP contribution in [0, 0.1) is 5.92 Å². The van der Waals surface area contributed by atoms with Crippen molar-refractivity contribution in [3.63, 3.8) is 0 Å². The van der Waals surface area contributed by atoms with Gasteiger partial charge in [-0.3, -0.25) is 0 Å². The quantitative estimate of drug-likeness (QED) is 0.747. The van der Waals surface area contributed by atoms with Gasteiger partial charge in [-0.1, -0.05) is 25.4 Å². The lowest BCUT2D eigenvalue weighted by molar-refractivity contribution is 0.294. The molecule has 0 aliphatic rings. The van der Waals surface area contributed by atoms with Crippen LogP contribution in [-0.4, -0.2) is 13.7 Å². The Morgan fingerprint density at radius 3 is 2.76 bits per heavy atom. The summed E-state index contributed by atoms with van der Waals surface area (Å²) in [4.78, 5) is 0. The van der Waals surface area contributed by atoms with Crippen LogP contribution in [0.5, 0.6) is 5.75 Å². The van der Waals surface area contributed by atoms with Gasteiger partial charge in [-0.05, 0) is 44.0 Å². The average molecular weight is 256 g/mol. The van der Waals surface area contributed by atoms with Crippen molar-refractivity contribution >= 4 is 11.6 Å². The predicted octanol–water partition coefficient (Wildman–Crippen LogP) is 3.87. The van der Waals surface area contributed by atoms with E-state index in [0.717, 1.165) is 41.8 Å². The van der Waals surface area contributed by atoms with Crippen LogP contribution in [0.1, 0.15) is 32.3 Å². The first-order valence-corrected chi connectivity index (χ1v) is 6.57. The van der Waals surface area contributed by atoms with E-state index in [1.54, 1.807) is 0 Å². The molecule has 0 fully saturated rings. The molecule has 3 heteroatoms. The second kappa shape index (κ2) is 7.57. The first-order valence-electron chi connectivity index (χ1n) is 6.19. The first-order chi connectivity index (χ1) is 8.13. The van der Waals surface area contributed by atoms with Gasteiger partial charge in [0.05, 0.1) is 6.61 Å². The third-order valence-electron chi connectivity index (χ3n) is 2.57. The number of benzene rings is 1. The first kappa shape index (κ1) is 14.3. The van der Waals surface area contributed by atoms with Crippen molar-refractivity contribution in [2.24, 2.45) is 5.92 Å². The number of halogens is 1. The maximum atomic E-state index is 5.97. The number of nitrogens with one attached hydrogen (secondary N) is 1. The number of hydrogen-bond donors (Lipinski definition) is 1. The topological polar surface area (TPSA) is 21.3 Å². The summed E-state index contributed by atoms with van der Waals surface area (Å²) in [6.07, 6.45) is 2.30. The predicted molar refractivity (Wildman–Crippen MR) is 73.8 cm³/mol. The molecule has 17 heavy (non-hydrogen) atoms. The van der Waals surface area contributed by atoms with Crippen LogP contribution in [0.15, 0.2) is 18.2 Å². The molecule has 1 rings (SSSR count). The van der Waals surface area contributed by atoms with Crippen molar-refractivity contribution in [3.8, 4) is 5.75 Å². The Morgan fingerprint density at radius 2 is 2.12 bits per heavy atom. The van der Waals surface area contributed by atoms with E-state index in [-0.39, 0.29) is 0 Å². The Hall–Kier alpha value is -0.730. The minimum absolute atomic E-state index is 0.737. The normalized spacial score (nSPS) is 10.9. The fraction of sp³-hybridized carbons (Fsp3) is 0.571. The molecule has 0 aliphatic carbocycles. The molecule has 1 N–H and O–H groups in total. The highest BCUT2D eigenvalue weighted by Crippen LogP contribution is 2.23. The standard InChI is InChI=1S/C14H22ClNO/c1-11(2)5-4-8-17-14-7-6-13(15)9-12(14)10-16-3/h6-7,9,11,16H,4-5,8,10H2,1-3H3. The van der Waals surface area contributed by atoms with Crippen LogP contribution >= 0.6 is 11.6 Å². The van der Waals surface area contributed by atoms with Crippen LogP contribution in [0.2, 0.25) is 5.02 Å². The summed E-state index contributed by atoms with van der Waals surface area (Å²) >= 11 is 5.97. The molecule has 0 amide bonds.